The van der Waals surface area contributed by atoms with Crippen LogP contribution < -0.4 is 0 Å². The Hall–Kier alpha value is -1.85. The normalized spacial score (nSPS) is 23.1. The van der Waals surface area contributed by atoms with Crippen LogP contribution >= 0.6 is 0 Å². The van der Waals surface area contributed by atoms with E-state index in [1.807, 2.05) is 0 Å². The van der Waals surface area contributed by atoms with Crippen LogP contribution in [0.1, 0.15) is 25.0 Å². The molecule has 2 aromatic rings. The topological polar surface area (TPSA) is 37.7 Å². The molecule has 5 nitrogen and oxygen atoms in total. The van der Waals surface area contributed by atoms with E-state index in [-0.39, 0.29) is 0 Å². The van der Waals surface area contributed by atoms with Gasteiger partial charge in [0, 0.05) is 63.5 Å². The number of aryl methyl sites for hydroxylation is 2. The molecule has 4 heterocycles. The first kappa shape index (κ1) is 18.5. The zero-order valence-electron chi connectivity index (χ0n) is 16.6. The van der Waals surface area contributed by atoms with Crippen LogP contribution in [0.15, 0.2) is 30.3 Å². The number of amides is 1. The average Bonchev–Trinajstić information content (AvgIpc) is 2.81. The fourth-order valence-electron chi connectivity index (χ4n) is 4.88. The molecule has 27 heavy (non-hydrogen) atoms. The van der Waals surface area contributed by atoms with E-state index >= 15 is 0 Å². The molecule has 2 atom stereocenters. The van der Waals surface area contributed by atoms with Crippen molar-refractivity contribution in [3.63, 3.8) is 0 Å². The summed E-state index contributed by atoms with van der Waals surface area (Å²) in [6.45, 7) is 7.56. The van der Waals surface area contributed by atoms with Crippen LogP contribution in [0.25, 0.3) is 10.9 Å². The molecule has 0 radical (unpaired) electrons. The molecular formula is C22H31N3O2. The number of hydrogen-bond donors (Lipinski definition) is 0. The van der Waals surface area contributed by atoms with Gasteiger partial charge in [0.2, 0.25) is 5.91 Å². The van der Waals surface area contributed by atoms with Crippen molar-refractivity contribution in [3.05, 3.63) is 36.0 Å². The van der Waals surface area contributed by atoms with Crippen LogP contribution in [-0.4, -0.2) is 66.2 Å². The lowest BCUT2D eigenvalue weighted by Crippen LogP contribution is -2.45. The molecule has 3 fully saturated rings. The molecule has 0 unspecified atom stereocenters. The van der Waals surface area contributed by atoms with Crippen molar-refractivity contribution in [1.82, 2.24) is 14.4 Å². The third kappa shape index (κ3) is 3.90. The zero-order chi connectivity index (χ0) is 18.8. The minimum Gasteiger partial charge on any atom is -0.383 e. The molecule has 5 rings (SSSR count). The molecule has 146 valence electrons. The highest BCUT2D eigenvalue weighted by Crippen LogP contribution is 2.28. The van der Waals surface area contributed by atoms with Crippen molar-refractivity contribution in [3.8, 4) is 0 Å². The molecule has 3 saturated heterocycles. The van der Waals surface area contributed by atoms with E-state index in [0.717, 1.165) is 39.3 Å². The van der Waals surface area contributed by atoms with Gasteiger partial charge >= 0.3 is 0 Å². The van der Waals surface area contributed by atoms with Gasteiger partial charge < -0.3 is 14.2 Å². The SMILES string of the molecule is COCCN1C[C@H]2CC[C@@H]1CN(C(=O)CCn1c(C)cc3ccccc31)C2. The third-order valence-corrected chi connectivity index (χ3v) is 6.33. The van der Waals surface area contributed by atoms with Crippen LogP contribution in [0.2, 0.25) is 0 Å². The highest BCUT2D eigenvalue weighted by atomic mass is 16.5. The Bertz CT molecular complexity index is 800. The van der Waals surface area contributed by atoms with E-state index in [9.17, 15) is 4.79 Å². The second kappa shape index (κ2) is 8.03. The number of aromatic nitrogens is 1. The molecule has 1 amide bonds. The van der Waals surface area contributed by atoms with Crippen molar-refractivity contribution < 1.29 is 9.53 Å². The summed E-state index contributed by atoms with van der Waals surface area (Å²) in [5.41, 5.74) is 2.45. The number of piperidine rings is 1. The molecule has 1 aromatic carbocycles. The highest BCUT2D eigenvalue weighted by molar-refractivity contribution is 5.82. The van der Waals surface area contributed by atoms with Crippen LogP contribution in [-0.2, 0) is 16.1 Å². The van der Waals surface area contributed by atoms with Crippen molar-refractivity contribution in [2.45, 2.75) is 38.8 Å². The van der Waals surface area contributed by atoms with Gasteiger partial charge in [0.05, 0.1) is 6.61 Å². The molecule has 0 saturated carbocycles. The lowest BCUT2D eigenvalue weighted by atomic mass is 9.95. The van der Waals surface area contributed by atoms with E-state index < -0.39 is 0 Å². The van der Waals surface area contributed by atoms with Gasteiger partial charge in [-0.25, -0.2) is 0 Å². The Morgan fingerprint density at radius 2 is 2.00 bits per heavy atom. The number of methoxy groups -OCH3 is 1. The predicted octanol–water partition coefficient (Wildman–Crippen LogP) is 2.91. The molecule has 1 aromatic heterocycles. The monoisotopic (exact) mass is 369 g/mol. The average molecular weight is 370 g/mol. The van der Waals surface area contributed by atoms with Gasteiger partial charge in [0.15, 0.2) is 0 Å². The van der Waals surface area contributed by atoms with Gasteiger partial charge in [0.1, 0.15) is 0 Å². The molecule has 0 N–H and O–H groups in total. The Morgan fingerprint density at radius 3 is 2.85 bits per heavy atom. The standard InChI is InChI=1S/C22H31N3O2/c1-17-13-19-5-3-4-6-21(19)25(17)10-9-22(26)24-15-18-7-8-20(16-24)23(14-18)11-12-27-2/h3-6,13,18,20H,7-12,14-16H2,1-2H3/t18-,20-/m1/s1. The summed E-state index contributed by atoms with van der Waals surface area (Å²) >= 11 is 0. The first-order valence-corrected chi connectivity index (χ1v) is 10.2. The molecule has 3 aliphatic heterocycles. The van der Waals surface area contributed by atoms with E-state index in [1.54, 1.807) is 7.11 Å². The van der Waals surface area contributed by atoms with Crippen LogP contribution in [0, 0.1) is 12.8 Å². The number of rotatable bonds is 6. The maximum absolute atomic E-state index is 13.0. The summed E-state index contributed by atoms with van der Waals surface area (Å²) in [7, 11) is 1.76. The molecule has 3 aliphatic rings. The summed E-state index contributed by atoms with van der Waals surface area (Å²) in [6, 6.07) is 11.1. The molecular weight excluding hydrogens is 338 g/mol. The Morgan fingerprint density at radius 1 is 1.15 bits per heavy atom. The van der Waals surface area contributed by atoms with Crippen LogP contribution in [0.3, 0.4) is 0 Å². The van der Waals surface area contributed by atoms with Crippen molar-refractivity contribution in [1.29, 1.82) is 0 Å². The summed E-state index contributed by atoms with van der Waals surface area (Å²) < 4.78 is 7.55. The van der Waals surface area contributed by atoms with Crippen LogP contribution in [0.5, 0.6) is 0 Å². The second-order valence-electron chi connectivity index (χ2n) is 8.13. The zero-order valence-corrected chi connectivity index (χ0v) is 16.6. The number of fused-ring (bicyclic) bond motifs is 5. The van der Waals surface area contributed by atoms with Crippen molar-refractivity contribution >= 4 is 16.8 Å². The highest BCUT2D eigenvalue weighted by Gasteiger charge is 2.35. The molecule has 5 heteroatoms. The number of hydrogen-bond acceptors (Lipinski definition) is 3. The largest absolute Gasteiger partial charge is 0.383 e. The minimum atomic E-state index is 0.303. The van der Waals surface area contributed by atoms with Gasteiger partial charge in [-0.1, -0.05) is 18.2 Å². The number of benzene rings is 1. The summed E-state index contributed by atoms with van der Waals surface area (Å²) in [5.74, 6) is 0.913. The van der Waals surface area contributed by atoms with Gasteiger partial charge in [-0.05, 0) is 43.2 Å². The van der Waals surface area contributed by atoms with E-state index in [1.165, 1.54) is 29.4 Å². The smallest absolute Gasteiger partial charge is 0.224 e. The molecule has 0 spiro atoms. The lowest BCUT2D eigenvalue weighted by molar-refractivity contribution is -0.131. The summed E-state index contributed by atoms with van der Waals surface area (Å²) in [6.07, 6.45) is 3.04. The quantitative estimate of drug-likeness (QED) is 0.786. The van der Waals surface area contributed by atoms with Crippen molar-refractivity contribution in [2.24, 2.45) is 5.92 Å². The maximum atomic E-state index is 13.0. The number of carbonyl (C=O) groups excluding carboxylic acids is 1. The summed E-state index contributed by atoms with van der Waals surface area (Å²) in [4.78, 5) is 17.7. The fourth-order valence-corrected chi connectivity index (χ4v) is 4.88. The van der Waals surface area contributed by atoms with Gasteiger partial charge in [-0.15, -0.1) is 0 Å². The molecule has 0 aliphatic carbocycles. The minimum absolute atomic E-state index is 0.303. The van der Waals surface area contributed by atoms with Gasteiger partial charge in [-0.2, -0.15) is 0 Å². The number of para-hydroxylation sites is 1. The van der Waals surface area contributed by atoms with E-state index in [2.05, 4.69) is 51.6 Å². The fraction of sp³-hybridized carbons (Fsp3) is 0.591. The Labute approximate surface area is 161 Å². The maximum Gasteiger partial charge on any atom is 0.224 e. The number of carbonyl (C=O) groups is 1. The third-order valence-electron chi connectivity index (χ3n) is 6.33. The second-order valence-corrected chi connectivity index (χ2v) is 8.13. The Balaban J connectivity index is 1.40. The first-order chi connectivity index (χ1) is 13.2. The number of ether oxygens (including phenoxy) is 1. The van der Waals surface area contributed by atoms with Gasteiger partial charge in [0.25, 0.3) is 0 Å². The van der Waals surface area contributed by atoms with Crippen LogP contribution in [0.4, 0.5) is 0 Å². The lowest BCUT2D eigenvalue weighted by Gasteiger charge is -2.35. The summed E-state index contributed by atoms with van der Waals surface area (Å²) in [5, 5.41) is 1.25. The van der Waals surface area contributed by atoms with Crippen molar-refractivity contribution in [2.75, 3.05) is 39.9 Å². The number of nitrogens with zero attached hydrogens (tertiary/aromatic N) is 3. The first-order valence-electron chi connectivity index (χ1n) is 10.2. The van der Waals surface area contributed by atoms with E-state index in [4.69, 9.17) is 4.74 Å². The predicted molar refractivity (Wildman–Crippen MR) is 108 cm³/mol. The Kier molecular flexibility index (Phi) is 5.50. The van der Waals surface area contributed by atoms with E-state index in [0.29, 0.717) is 24.3 Å². The van der Waals surface area contributed by atoms with Gasteiger partial charge in [-0.3, -0.25) is 9.69 Å². The molecule has 2 bridgehead atoms.